The molecule has 1 saturated heterocycles. The predicted octanol–water partition coefficient (Wildman–Crippen LogP) is 6.32. The van der Waals surface area contributed by atoms with Crippen LogP contribution in [0, 0.1) is 0 Å². The standard InChI is InChI=1S/C33H27N3O2S4/c1-3-34-26(41-28(23-16-10-6-11-17-23)27(34)22-14-8-5-9-15-22)21-20-25-30(37)35(4-2)32(40-25)29-31(38)36(33(39)42-29)24-18-12-7-13-19-24/h5-21H,3-4H2,1-2H3/b25-20?,26-21-,32-29?. The fraction of sp³-hybridized carbons (Fsp3) is 0.121. The van der Waals surface area contributed by atoms with Gasteiger partial charge in [-0.1, -0.05) is 115 Å². The Balaban J connectivity index is 1.44. The largest absolute Gasteiger partial charge is 0.335 e. The summed E-state index contributed by atoms with van der Waals surface area (Å²) in [4.78, 5) is 32.6. The Kier molecular flexibility index (Phi) is 8.35. The molecule has 0 N–H and O–H groups in total. The molecule has 1 fully saturated rings. The molecule has 0 radical (unpaired) electrons. The maximum atomic E-state index is 13.5. The van der Waals surface area contributed by atoms with E-state index in [0.717, 1.165) is 34.1 Å². The van der Waals surface area contributed by atoms with Gasteiger partial charge in [-0.3, -0.25) is 19.1 Å². The van der Waals surface area contributed by atoms with Gasteiger partial charge in [0.05, 0.1) is 20.9 Å². The molecular weight excluding hydrogens is 599 g/mol. The molecule has 0 bridgehead atoms. The van der Waals surface area contributed by atoms with E-state index in [4.69, 9.17) is 12.2 Å². The number of anilines is 1. The number of thiocarbonyl (C=S) groups is 1. The highest BCUT2D eigenvalue weighted by atomic mass is 32.2. The lowest BCUT2D eigenvalue weighted by Gasteiger charge is -2.21. The molecule has 2 aliphatic heterocycles. The van der Waals surface area contributed by atoms with Crippen molar-refractivity contribution >= 4 is 84.6 Å². The molecule has 3 aromatic carbocycles. The summed E-state index contributed by atoms with van der Waals surface area (Å²) in [5.41, 5.74) is 4.08. The summed E-state index contributed by atoms with van der Waals surface area (Å²) in [5, 5.41) is 1.04. The lowest BCUT2D eigenvalue weighted by molar-refractivity contribution is -0.112. The molecule has 4 aromatic rings. The van der Waals surface area contributed by atoms with Crippen LogP contribution in [0.2, 0.25) is 0 Å². The maximum absolute atomic E-state index is 13.5. The summed E-state index contributed by atoms with van der Waals surface area (Å²) in [6.45, 7) is 5.29. The number of hydrogen-bond acceptors (Lipinski definition) is 7. The first-order valence-corrected chi connectivity index (χ1v) is 16.4. The third kappa shape index (κ3) is 5.22. The molecule has 9 heteroatoms. The Hall–Kier alpha value is -3.63. The van der Waals surface area contributed by atoms with Gasteiger partial charge in [0.25, 0.3) is 11.5 Å². The van der Waals surface area contributed by atoms with Crippen molar-refractivity contribution < 1.29 is 4.79 Å². The highest BCUT2D eigenvalue weighted by molar-refractivity contribution is 8.31. The molecule has 0 spiro atoms. The molecule has 0 saturated carbocycles. The smallest absolute Gasteiger partial charge is 0.273 e. The second-order valence-electron chi connectivity index (χ2n) is 9.42. The van der Waals surface area contributed by atoms with Gasteiger partial charge in [0.15, 0.2) is 4.32 Å². The van der Waals surface area contributed by atoms with Gasteiger partial charge in [0.1, 0.15) is 9.57 Å². The van der Waals surface area contributed by atoms with Gasteiger partial charge in [0.2, 0.25) is 0 Å². The minimum Gasteiger partial charge on any atom is -0.335 e. The van der Waals surface area contributed by atoms with E-state index in [0.29, 0.717) is 25.0 Å². The van der Waals surface area contributed by atoms with Gasteiger partial charge >= 0.3 is 0 Å². The number of thioether (sulfide) groups is 2. The van der Waals surface area contributed by atoms with Crippen molar-refractivity contribution in [2.24, 2.45) is 0 Å². The van der Waals surface area contributed by atoms with Gasteiger partial charge in [-0.2, -0.15) is 0 Å². The zero-order valence-electron chi connectivity index (χ0n) is 23.0. The molecule has 1 amide bonds. The van der Waals surface area contributed by atoms with Crippen LogP contribution in [0.4, 0.5) is 5.69 Å². The topological polar surface area (TPSA) is 45.5 Å². The van der Waals surface area contributed by atoms with Crippen LogP contribution in [-0.2, 0) is 11.3 Å². The second kappa shape index (κ2) is 12.3. The van der Waals surface area contributed by atoms with Crippen LogP contribution >= 0.6 is 47.1 Å². The summed E-state index contributed by atoms with van der Waals surface area (Å²) >= 11 is 9.88. The summed E-state index contributed by atoms with van der Waals surface area (Å²) in [6, 6.07) is 30.2. The van der Waals surface area contributed by atoms with E-state index in [2.05, 4.69) is 60.4 Å². The SMILES string of the molecule is CCN1C(c2ccccc2)=C(c2ccccc2)S/C1=C\C=c1sc(=C2SC(=S)N(c3ccccc3)C2=O)n(CC)c1=O. The first-order valence-electron chi connectivity index (χ1n) is 13.6. The third-order valence-electron chi connectivity index (χ3n) is 6.94. The fourth-order valence-electron chi connectivity index (χ4n) is 4.98. The Morgan fingerprint density at radius 3 is 1.98 bits per heavy atom. The minimum absolute atomic E-state index is 0.107. The van der Waals surface area contributed by atoms with Gasteiger partial charge in [-0.15, -0.1) is 11.3 Å². The monoisotopic (exact) mass is 625 g/mol. The summed E-state index contributed by atoms with van der Waals surface area (Å²) in [5.74, 6) is -0.197. The number of allylic oxidation sites excluding steroid dienone is 1. The highest BCUT2D eigenvalue weighted by Gasteiger charge is 2.35. The fourth-order valence-corrected chi connectivity index (χ4v) is 8.80. The number of rotatable bonds is 6. The van der Waals surface area contributed by atoms with E-state index in [9.17, 15) is 9.59 Å². The van der Waals surface area contributed by atoms with Gasteiger partial charge in [-0.05, 0) is 49.3 Å². The van der Waals surface area contributed by atoms with Crippen LogP contribution in [0.25, 0.3) is 21.6 Å². The van der Waals surface area contributed by atoms with Crippen LogP contribution in [0.15, 0.2) is 107 Å². The number of carbonyl (C=O) groups is 1. The maximum Gasteiger partial charge on any atom is 0.273 e. The number of amides is 1. The van der Waals surface area contributed by atoms with Gasteiger partial charge in [0, 0.05) is 18.0 Å². The Morgan fingerprint density at radius 1 is 0.738 bits per heavy atom. The molecular formula is C33H27N3O2S4. The Labute approximate surface area is 262 Å². The van der Waals surface area contributed by atoms with Crippen molar-refractivity contribution in [2.45, 2.75) is 20.4 Å². The van der Waals surface area contributed by atoms with Crippen molar-refractivity contribution in [3.05, 3.63) is 133 Å². The van der Waals surface area contributed by atoms with Crippen LogP contribution in [-0.4, -0.2) is 26.2 Å². The molecule has 42 heavy (non-hydrogen) atoms. The number of hydrogen-bond donors (Lipinski definition) is 0. The summed E-state index contributed by atoms with van der Waals surface area (Å²) < 4.78 is 3.36. The van der Waals surface area contributed by atoms with Crippen molar-refractivity contribution in [1.82, 2.24) is 9.47 Å². The third-order valence-corrected chi connectivity index (χ3v) is 10.8. The normalized spacial score (nSPS) is 18.2. The molecule has 6 rings (SSSR count). The van der Waals surface area contributed by atoms with E-state index in [1.165, 1.54) is 28.0 Å². The lowest BCUT2D eigenvalue weighted by atomic mass is 10.1. The highest BCUT2D eigenvalue weighted by Crippen LogP contribution is 2.50. The zero-order chi connectivity index (χ0) is 29.2. The Bertz CT molecular complexity index is 1910. The van der Waals surface area contributed by atoms with Crippen molar-refractivity contribution in [3.63, 3.8) is 0 Å². The van der Waals surface area contributed by atoms with Gasteiger partial charge in [-0.25, -0.2) is 0 Å². The molecule has 1 aromatic heterocycles. The number of carbonyl (C=O) groups excluding carboxylic acids is 1. The number of aromatic nitrogens is 1. The Morgan fingerprint density at radius 2 is 1.36 bits per heavy atom. The van der Waals surface area contributed by atoms with Crippen molar-refractivity contribution in [3.8, 4) is 0 Å². The minimum atomic E-state index is -0.197. The molecule has 2 aliphatic rings. The zero-order valence-corrected chi connectivity index (χ0v) is 26.3. The van der Waals surface area contributed by atoms with E-state index < -0.39 is 0 Å². The first kappa shape index (κ1) is 28.5. The van der Waals surface area contributed by atoms with E-state index in [1.807, 2.05) is 61.5 Å². The number of thiazole rings is 1. The molecule has 210 valence electrons. The lowest BCUT2D eigenvalue weighted by Crippen LogP contribution is -2.33. The van der Waals surface area contributed by atoms with Crippen LogP contribution in [0.3, 0.4) is 0 Å². The van der Waals surface area contributed by atoms with Crippen LogP contribution < -0.4 is 19.7 Å². The molecule has 5 nitrogen and oxygen atoms in total. The van der Waals surface area contributed by atoms with E-state index in [1.54, 1.807) is 21.2 Å². The summed E-state index contributed by atoms with van der Waals surface area (Å²) in [7, 11) is 0. The first-order chi connectivity index (χ1) is 20.5. The number of benzene rings is 3. The quantitative estimate of drug-likeness (QED) is 0.234. The van der Waals surface area contributed by atoms with Crippen molar-refractivity contribution in [2.75, 3.05) is 11.4 Å². The number of para-hydroxylation sites is 1. The van der Waals surface area contributed by atoms with Crippen molar-refractivity contribution in [1.29, 1.82) is 0 Å². The van der Waals surface area contributed by atoms with Gasteiger partial charge < -0.3 is 4.90 Å². The molecule has 0 unspecified atom stereocenters. The summed E-state index contributed by atoms with van der Waals surface area (Å²) in [6.07, 6.45) is 3.92. The van der Waals surface area contributed by atoms with E-state index >= 15 is 0 Å². The second-order valence-corrected chi connectivity index (χ2v) is 13.1. The van der Waals surface area contributed by atoms with Crippen LogP contribution in [0.1, 0.15) is 25.0 Å². The molecule has 3 heterocycles. The predicted molar refractivity (Wildman–Crippen MR) is 183 cm³/mol. The van der Waals surface area contributed by atoms with Crippen LogP contribution in [0.5, 0.6) is 0 Å². The average Bonchev–Trinajstić information content (AvgIpc) is 3.66. The average molecular weight is 626 g/mol. The van der Waals surface area contributed by atoms with E-state index in [-0.39, 0.29) is 11.5 Å². The molecule has 0 aliphatic carbocycles. The number of nitrogens with zero attached hydrogens (tertiary/aromatic N) is 3. The molecule has 0 atom stereocenters.